The Morgan fingerprint density at radius 1 is 0.955 bits per heavy atom. The number of pyridine rings is 1. The van der Waals surface area contributed by atoms with Crippen LogP contribution in [0.2, 0.25) is 0 Å². The molecule has 0 saturated heterocycles. The van der Waals surface area contributed by atoms with E-state index in [1.807, 2.05) is 30.5 Å². The van der Waals surface area contributed by atoms with Crippen molar-refractivity contribution in [3.8, 4) is 0 Å². The van der Waals surface area contributed by atoms with Crippen LogP contribution in [0.5, 0.6) is 0 Å². The normalized spacial score (nSPS) is 11.5. The molecule has 0 atom stereocenters. The van der Waals surface area contributed by atoms with Crippen LogP contribution in [0.4, 0.5) is 0 Å². The number of allylic oxidation sites excluding steroid dienone is 2. The van der Waals surface area contributed by atoms with Crippen molar-refractivity contribution in [3.05, 3.63) is 58.9 Å². The van der Waals surface area contributed by atoms with Crippen LogP contribution < -0.4 is 5.43 Å². The summed E-state index contributed by atoms with van der Waals surface area (Å²) in [5, 5.41) is 0.800. The average molecular weight is 297 g/mol. The Morgan fingerprint density at radius 3 is 2.59 bits per heavy atom. The molecule has 2 aromatic rings. The highest BCUT2D eigenvalue weighted by molar-refractivity contribution is 5.78. The van der Waals surface area contributed by atoms with E-state index < -0.39 is 0 Å². The fraction of sp³-hybridized carbons (Fsp3) is 0.450. The van der Waals surface area contributed by atoms with Gasteiger partial charge in [-0.1, -0.05) is 63.3 Å². The van der Waals surface area contributed by atoms with Crippen molar-refractivity contribution in [1.82, 2.24) is 4.57 Å². The zero-order valence-corrected chi connectivity index (χ0v) is 13.6. The summed E-state index contributed by atoms with van der Waals surface area (Å²) in [6.45, 7) is 3.08. The molecule has 1 aromatic heterocycles. The SMILES string of the molecule is CCCCCCCC/C=C/Cn1ccc(=O)c2ccccc21. The van der Waals surface area contributed by atoms with Gasteiger partial charge < -0.3 is 4.57 Å². The number of para-hydroxylation sites is 1. The molecule has 0 unspecified atom stereocenters. The van der Waals surface area contributed by atoms with Crippen LogP contribution in [0.3, 0.4) is 0 Å². The fourth-order valence-electron chi connectivity index (χ4n) is 2.77. The van der Waals surface area contributed by atoms with Crippen molar-refractivity contribution >= 4 is 10.9 Å². The summed E-state index contributed by atoms with van der Waals surface area (Å²) in [4.78, 5) is 11.8. The second-order valence-electron chi connectivity index (χ2n) is 5.88. The number of nitrogens with zero attached hydrogens (tertiary/aromatic N) is 1. The summed E-state index contributed by atoms with van der Waals surface area (Å²) in [7, 11) is 0. The molecule has 2 rings (SSSR count). The van der Waals surface area contributed by atoms with Crippen LogP contribution in [-0.4, -0.2) is 4.57 Å². The molecular formula is C20H27NO. The van der Waals surface area contributed by atoms with Gasteiger partial charge in [-0.05, 0) is 25.0 Å². The summed E-state index contributed by atoms with van der Waals surface area (Å²) in [6, 6.07) is 9.47. The van der Waals surface area contributed by atoms with Crippen molar-refractivity contribution in [2.24, 2.45) is 0 Å². The molecule has 2 nitrogen and oxygen atoms in total. The molecule has 0 aliphatic heterocycles. The van der Waals surface area contributed by atoms with E-state index in [-0.39, 0.29) is 5.43 Å². The van der Waals surface area contributed by atoms with Crippen LogP contribution in [0.15, 0.2) is 53.5 Å². The van der Waals surface area contributed by atoms with Crippen LogP contribution in [0, 0.1) is 0 Å². The van der Waals surface area contributed by atoms with Gasteiger partial charge in [0.1, 0.15) is 0 Å². The smallest absolute Gasteiger partial charge is 0.189 e. The maximum atomic E-state index is 11.8. The van der Waals surface area contributed by atoms with E-state index in [1.54, 1.807) is 6.07 Å². The van der Waals surface area contributed by atoms with Crippen molar-refractivity contribution < 1.29 is 0 Å². The number of hydrogen-bond acceptors (Lipinski definition) is 1. The van der Waals surface area contributed by atoms with E-state index >= 15 is 0 Å². The Morgan fingerprint density at radius 2 is 1.73 bits per heavy atom. The second-order valence-corrected chi connectivity index (χ2v) is 5.88. The molecule has 1 heterocycles. The highest BCUT2D eigenvalue weighted by atomic mass is 16.1. The molecular weight excluding hydrogens is 270 g/mol. The standard InChI is InChI=1S/C20H27NO/c1-2-3-4-5-6-7-8-9-12-16-21-17-15-20(22)18-13-10-11-14-19(18)21/h9-15,17H,2-8,16H2,1H3/b12-9+. The molecule has 0 N–H and O–H groups in total. The summed E-state index contributed by atoms with van der Waals surface area (Å²) < 4.78 is 2.13. The van der Waals surface area contributed by atoms with Gasteiger partial charge in [0, 0.05) is 24.2 Å². The first-order valence-corrected chi connectivity index (χ1v) is 8.56. The molecule has 2 heteroatoms. The van der Waals surface area contributed by atoms with Crippen LogP contribution >= 0.6 is 0 Å². The Kier molecular flexibility index (Phi) is 6.95. The van der Waals surface area contributed by atoms with Crippen molar-refractivity contribution in [2.75, 3.05) is 0 Å². The topological polar surface area (TPSA) is 22.0 Å². The van der Waals surface area contributed by atoms with Crippen LogP contribution in [0.25, 0.3) is 10.9 Å². The number of fused-ring (bicyclic) bond motifs is 1. The predicted molar refractivity (Wildman–Crippen MR) is 95.3 cm³/mol. The first kappa shape index (κ1) is 16.5. The maximum Gasteiger partial charge on any atom is 0.189 e. The Balaban J connectivity index is 1.81. The maximum absolute atomic E-state index is 11.8. The first-order chi connectivity index (χ1) is 10.8. The number of benzene rings is 1. The van der Waals surface area contributed by atoms with E-state index in [4.69, 9.17) is 0 Å². The third-order valence-corrected chi connectivity index (χ3v) is 4.08. The molecule has 22 heavy (non-hydrogen) atoms. The second kappa shape index (κ2) is 9.24. The van der Waals surface area contributed by atoms with Gasteiger partial charge >= 0.3 is 0 Å². The molecule has 0 aliphatic carbocycles. The lowest BCUT2D eigenvalue weighted by atomic mass is 10.1. The van der Waals surface area contributed by atoms with Gasteiger partial charge in [-0.15, -0.1) is 0 Å². The van der Waals surface area contributed by atoms with Gasteiger partial charge in [0.05, 0.1) is 5.52 Å². The van der Waals surface area contributed by atoms with Gasteiger partial charge in [0.2, 0.25) is 0 Å². The molecule has 0 bridgehead atoms. The molecule has 1 aromatic carbocycles. The zero-order chi connectivity index (χ0) is 15.6. The molecule has 118 valence electrons. The van der Waals surface area contributed by atoms with Gasteiger partial charge in [-0.25, -0.2) is 0 Å². The number of rotatable bonds is 9. The molecule has 0 fully saturated rings. The minimum absolute atomic E-state index is 0.0999. The Bertz CT molecular complexity index is 654. The fourth-order valence-corrected chi connectivity index (χ4v) is 2.77. The van der Waals surface area contributed by atoms with Gasteiger partial charge in [-0.3, -0.25) is 4.79 Å². The minimum atomic E-state index is 0.0999. The highest BCUT2D eigenvalue weighted by Gasteiger charge is 1.99. The van der Waals surface area contributed by atoms with Gasteiger partial charge in [-0.2, -0.15) is 0 Å². The summed E-state index contributed by atoms with van der Waals surface area (Å²) in [5.74, 6) is 0. The summed E-state index contributed by atoms with van der Waals surface area (Å²) >= 11 is 0. The van der Waals surface area contributed by atoms with E-state index in [2.05, 4.69) is 23.6 Å². The van der Waals surface area contributed by atoms with E-state index in [1.165, 1.54) is 38.5 Å². The summed E-state index contributed by atoms with van der Waals surface area (Å²) in [6.07, 6.45) is 15.6. The molecule has 0 saturated carbocycles. The third-order valence-electron chi connectivity index (χ3n) is 4.08. The number of hydrogen-bond donors (Lipinski definition) is 0. The Labute approximate surface area is 133 Å². The minimum Gasteiger partial charge on any atom is -0.343 e. The van der Waals surface area contributed by atoms with Crippen molar-refractivity contribution in [1.29, 1.82) is 0 Å². The van der Waals surface area contributed by atoms with Gasteiger partial charge in [0.15, 0.2) is 5.43 Å². The van der Waals surface area contributed by atoms with Crippen LogP contribution in [-0.2, 0) is 6.54 Å². The first-order valence-electron chi connectivity index (χ1n) is 8.56. The van der Waals surface area contributed by atoms with Crippen molar-refractivity contribution in [2.45, 2.75) is 58.4 Å². The quantitative estimate of drug-likeness (QED) is 0.454. The van der Waals surface area contributed by atoms with Crippen molar-refractivity contribution in [3.63, 3.8) is 0 Å². The molecule has 0 spiro atoms. The zero-order valence-electron chi connectivity index (χ0n) is 13.6. The van der Waals surface area contributed by atoms with Gasteiger partial charge in [0.25, 0.3) is 0 Å². The lowest BCUT2D eigenvalue weighted by molar-refractivity contribution is 0.611. The Hall–Kier alpha value is -1.83. The third kappa shape index (κ3) is 4.87. The summed E-state index contributed by atoms with van der Waals surface area (Å²) in [5.41, 5.74) is 1.11. The van der Waals surface area contributed by atoms with Crippen LogP contribution in [0.1, 0.15) is 51.9 Å². The monoisotopic (exact) mass is 297 g/mol. The van der Waals surface area contributed by atoms with E-state index in [9.17, 15) is 4.79 Å². The molecule has 0 radical (unpaired) electrons. The predicted octanol–water partition coefficient (Wildman–Crippen LogP) is 5.31. The average Bonchev–Trinajstić information content (AvgIpc) is 2.55. The molecule has 0 aliphatic rings. The lowest BCUT2D eigenvalue weighted by Crippen LogP contribution is -2.06. The highest BCUT2D eigenvalue weighted by Crippen LogP contribution is 2.10. The number of unbranched alkanes of at least 4 members (excludes halogenated alkanes) is 6. The van der Waals surface area contributed by atoms with E-state index in [0.717, 1.165) is 23.9 Å². The van der Waals surface area contributed by atoms with E-state index in [0.29, 0.717) is 0 Å². The largest absolute Gasteiger partial charge is 0.343 e. The molecule has 0 amide bonds. The lowest BCUT2D eigenvalue weighted by Gasteiger charge is -2.07. The number of aromatic nitrogens is 1.